The van der Waals surface area contributed by atoms with Crippen LogP contribution in [0.1, 0.15) is 25.5 Å². The minimum absolute atomic E-state index is 0.153. The first-order valence-electron chi connectivity index (χ1n) is 5.73. The highest BCUT2D eigenvalue weighted by molar-refractivity contribution is 5.44. The van der Waals surface area contributed by atoms with Gasteiger partial charge in [-0.1, -0.05) is 0 Å². The van der Waals surface area contributed by atoms with E-state index in [4.69, 9.17) is 0 Å². The van der Waals surface area contributed by atoms with Crippen LogP contribution in [-0.4, -0.2) is 9.78 Å². The van der Waals surface area contributed by atoms with E-state index < -0.39 is 0 Å². The van der Waals surface area contributed by atoms with Crippen molar-refractivity contribution in [1.82, 2.24) is 9.78 Å². The fourth-order valence-corrected chi connectivity index (χ4v) is 1.66. The number of rotatable bonds is 4. The van der Waals surface area contributed by atoms with Gasteiger partial charge in [0.05, 0.1) is 12.2 Å². The number of hydrogen-bond donors (Lipinski definition) is 1. The van der Waals surface area contributed by atoms with Crippen LogP contribution < -0.4 is 5.32 Å². The molecule has 90 valence electrons. The van der Waals surface area contributed by atoms with Crippen LogP contribution in [0.3, 0.4) is 0 Å². The van der Waals surface area contributed by atoms with E-state index in [0.29, 0.717) is 0 Å². The second-order valence-corrected chi connectivity index (χ2v) is 4.00. The Hall–Kier alpha value is -1.84. The lowest BCUT2D eigenvalue weighted by Crippen LogP contribution is -2.05. The third-order valence-electron chi connectivity index (χ3n) is 2.70. The molecule has 1 heterocycles. The number of benzene rings is 1. The lowest BCUT2D eigenvalue weighted by Gasteiger charge is -2.13. The Kier molecular flexibility index (Phi) is 3.42. The molecule has 0 saturated carbocycles. The van der Waals surface area contributed by atoms with Gasteiger partial charge in [0.2, 0.25) is 0 Å². The molecule has 0 amide bonds. The van der Waals surface area contributed by atoms with Crippen molar-refractivity contribution in [2.75, 3.05) is 5.32 Å². The van der Waals surface area contributed by atoms with Crippen molar-refractivity contribution >= 4 is 5.69 Å². The van der Waals surface area contributed by atoms with Crippen LogP contribution in [0.25, 0.3) is 0 Å². The largest absolute Gasteiger partial charge is 0.378 e. The molecule has 1 aromatic carbocycles. The molecule has 0 aliphatic carbocycles. The molecule has 3 nitrogen and oxygen atoms in total. The first-order chi connectivity index (χ1) is 8.19. The summed E-state index contributed by atoms with van der Waals surface area (Å²) in [5.41, 5.74) is 2.03. The average molecular weight is 233 g/mol. The molecule has 2 aromatic rings. The predicted molar refractivity (Wildman–Crippen MR) is 66.3 cm³/mol. The zero-order valence-electron chi connectivity index (χ0n) is 10.0. The molecule has 0 aliphatic rings. The van der Waals surface area contributed by atoms with E-state index in [1.807, 2.05) is 17.1 Å². The smallest absolute Gasteiger partial charge is 0.123 e. The van der Waals surface area contributed by atoms with E-state index in [9.17, 15) is 4.39 Å². The molecule has 0 fully saturated rings. The van der Waals surface area contributed by atoms with Crippen molar-refractivity contribution in [3.05, 3.63) is 48.0 Å². The Morgan fingerprint density at radius 1 is 1.35 bits per heavy atom. The topological polar surface area (TPSA) is 29.9 Å². The monoisotopic (exact) mass is 233 g/mol. The quantitative estimate of drug-likeness (QED) is 0.878. The Balaban J connectivity index is 2.05. The number of hydrogen-bond acceptors (Lipinski definition) is 2. The molecular weight excluding hydrogens is 217 g/mol. The van der Waals surface area contributed by atoms with E-state index in [0.717, 1.165) is 17.8 Å². The van der Waals surface area contributed by atoms with Crippen LogP contribution in [0.2, 0.25) is 0 Å². The predicted octanol–water partition coefficient (Wildman–Crippen LogP) is 3.22. The van der Waals surface area contributed by atoms with E-state index in [1.54, 1.807) is 12.1 Å². The minimum atomic E-state index is -0.220. The fraction of sp³-hybridized carbons (Fsp3) is 0.308. The summed E-state index contributed by atoms with van der Waals surface area (Å²) >= 11 is 0. The highest BCUT2D eigenvalue weighted by atomic mass is 19.1. The van der Waals surface area contributed by atoms with Crippen molar-refractivity contribution in [3.8, 4) is 0 Å². The lowest BCUT2D eigenvalue weighted by atomic mass is 10.2. The van der Waals surface area contributed by atoms with Gasteiger partial charge in [-0.25, -0.2) is 4.39 Å². The van der Waals surface area contributed by atoms with Crippen molar-refractivity contribution in [2.24, 2.45) is 0 Å². The van der Waals surface area contributed by atoms with Crippen molar-refractivity contribution in [3.63, 3.8) is 0 Å². The molecule has 1 N–H and O–H groups in total. The standard InChI is InChI=1S/C13H16FN3/c1-3-17-9-11(8-15-17)10(2)16-13-6-4-12(14)5-7-13/h4-10,16H,3H2,1-2H3. The molecule has 0 saturated heterocycles. The van der Waals surface area contributed by atoms with Crippen LogP contribution in [0.4, 0.5) is 10.1 Å². The summed E-state index contributed by atoms with van der Waals surface area (Å²) < 4.78 is 14.6. The van der Waals surface area contributed by atoms with Gasteiger partial charge in [0, 0.05) is 24.0 Å². The Bertz CT molecular complexity index is 476. The van der Waals surface area contributed by atoms with Crippen LogP contribution in [0, 0.1) is 5.82 Å². The molecule has 2 rings (SSSR count). The second-order valence-electron chi connectivity index (χ2n) is 4.00. The SMILES string of the molecule is CCn1cc(C(C)Nc2ccc(F)cc2)cn1. The summed E-state index contributed by atoms with van der Waals surface area (Å²) in [6, 6.07) is 6.52. The number of aryl methyl sites for hydroxylation is 1. The number of aromatic nitrogens is 2. The zero-order chi connectivity index (χ0) is 12.3. The fourth-order valence-electron chi connectivity index (χ4n) is 1.66. The second kappa shape index (κ2) is 4.99. The normalized spacial score (nSPS) is 12.4. The maximum atomic E-state index is 12.8. The van der Waals surface area contributed by atoms with E-state index >= 15 is 0 Å². The molecule has 0 bridgehead atoms. The van der Waals surface area contributed by atoms with Crippen LogP contribution in [0.15, 0.2) is 36.7 Å². The first kappa shape index (κ1) is 11.6. The van der Waals surface area contributed by atoms with E-state index in [1.165, 1.54) is 12.1 Å². The number of anilines is 1. The number of halogens is 1. The van der Waals surface area contributed by atoms with Gasteiger partial charge >= 0.3 is 0 Å². The third-order valence-corrected chi connectivity index (χ3v) is 2.70. The van der Waals surface area contributed by atoms with Crippen molar-refractivity contribution in [1.29, 1.82) is 0 Å². The summed E-state index contributed by atoms with van der Waals surface area (Å²) in [7, 11) is 0. The first-order valence-corrected chi connectivity index (χ1v) is 5.73. The van der Waals surface area contributed by atoms with Gasteiger partial charge in [-0.3, -0.25) is 4.68 Å². The van der Waals surface area contributed by atoms with Gasteiger partial charge in [-0.15, -0.1) is 0 Å². The summed E-state index contributed by atoms with van der Waals surface area (Å²) in [4.78, 5) is 0. The van der Waals surface area contributed by atoms with Gasteiger partial charge in [-0.2, -0.15) is 5.10 Å². The molecule has 1 atom stereocenters. The Morgan fingerprint density at radius 3 is 2.65 bits per heavy atom. The molecule has 0 spiro atoms. The Labute approximate surface area is 100 Å². The molecule has 0 radical (unpaired) electrons. The molecule has 1 unspecified atom stereocenters. The van der Waals surface area contributed by atoms with Crippen molar-refractivity contribution < 1.29 is 4.39 Å². The molecule has 1 aromatic heterocycles. The summed E-state index contributed by atoms with van der Waals surface area (Å²) in [6.07, 6.45) is 3.87. The summed E-state index contributed by atoms with van der Waals surface area (Å²) in [5.74, 6) is -0.220. The Morgan fingerprint density at radius 2 is 2.06 bits per heavy atom. The molecule has 17 heavy (non-hydrogen) atoms. The van der Waals surface area contributed by atoms with Gasteiger partial charge < -0.3 is 5.32 Å². The maximum absolute atomic E-state index is 12.8. The third kappa shape index (κ3) is 2.84. The minimum Gasteiger partial charge on any atom is -0.378 e. The van der Waals surface area contributed by atoms with Crippen LogP contribution >= 0.6 is 0 Å². The van der Waals surface area contributed by atoms with Crippen molar-refractivity contribution in [2.45, 2.75) is 26.4 Å². The number of nitrogens with one attached hydrogen (secondary N) is 1. The molecular formula is C13H16FN3. The number of nitrogens with zero attached hydrogens (tertiary/aromatic N) is 2. The lowest BCUT2D eigenvalue weighted by molar-refractivity contribution is 0.628. The van der Waals surface area contributed by atoms with Crippen LogP contribution in [-0.2, 0) is 6.54 Å². The van der Waals surface area contributed by atoms with Gasteiger partial charge in [0.15, 0.2) is 0 Å². The maximum Gasteiger partial charge on any atom is 0.123 e. The highest BCUT2D eigenvalue weighted by Gasteiger charge is 2.07. The van der Waals surface area contributed by atoms with E-state index in [-0.39, 0.29) is 11.9 Å². The van der Waals surface area contributed by atoms with Crippen LogP contribution in [0.5, 0.6) is 0 Å². The highest BCUT2D eigenvalue weighted by Crippen LogP contribution is 2.18. The zero-order valence-corrected chi connectivity index (χ0v) is 10.0. The van der Waals surface area contributed by atoms with Gasteiger partial charge in [0.25, 0.3) is 0 Å². The molecule has 0 aliphatic heterocycles. The van der Waals surface area contributed by atoms with E-state index in [2.05, 4.69) is 24.3 Å². The van der Waals surface area contributed by atoms with Gasteiger partial charge in [0.1, 0.15) is 5.82 Å². The van der Waals surface area contributed by atoms with Gasteiger partial charge in [-0.05, 0) is 38.1 Å². The summed E-state index contributed by atoms with van der Waals surface area (Å²) in [6.45, 7) is 4.97. The summed E-state index contributed by atoms with van der Waals surface area (Å²) in [5, 5.41) is 7.53. The average Bonchev–Trinajstić information content (AvgIpc) is 2.81. The molecule has 4 heteroatoms.